The standard InChI is InChI=1S/C18H15FN2O2/c1-12-3-6-14(7-4-12)23-18-16(10-20-11-21-18)15-8-5-13(19)9-17(15)22-2/h3-11H,1-2H3. The third kappa shape index (κ3) is 3.29. The molecule has 0 radical (unpaired) electrons. The molecule has 23 heavy (non-hydrogen) atoms. The second-order valence-electron chi connectivity index (χ2n) is 5.00. The summed E-state index contributed by atoms with van der Waals surface area (Å²) in [6.07, 6.45) is 3.02. The molecule has 0 saturated heterocycles. The Hall–Kier alpha value is -2.95. The summed E-state index contributed by atoms with van der Waals surface area (Å²) in [6.45, 7) is 2.00. The van der Waals surface area contributed by atoms with E-state index in [1.54, 1.807) is 12.3 Å². The zero-order valence-corrected chi connectivity index (χ0v) is 12.8. The Bertz CT molecular complexity index is 820. The Labute approximate surface area is 133 Å². The number of aromatic nitrogens is 2. The van der Waals surface area contributed by atoms with Gasteiger partial charge in [0.1, 0.15) is 23.6 Å². The summed E-state index contributed by atoms with van der Waals surface area (Å²) in [5.41, 5.74) is 2.43. The number of rotatable bonds is 4. The summed E-state index contributed by atoms with van der Waals surface area (Å²) in [7, 11) is 1.49. The van der Waals surface area contributed by atoms with Crippen molar-refractivity contribution in [3.63, 3.8) is 0 Å². The Kier molecular flexibility index (Phi) is 4.19. The lowest BCUT2D eigenvalue weighted by molar-refractivity contribution is 0.412. The molecule has 3 aromatic rings. The van der Waals surface area contributed by atoms with Gasteiger partial charge in [0.2, 0.25) is 5.88 Å². The molecule has 0 spiro atoms. The van der Waals surface area contributed by atoms with Gasteiger partial charge >= 0.3 is 0 Å². The van der Waals surface area contributed by atoms with Gasteiger partial charge in [-0.15, -0.1) is 0 Å². The number of benzene rings is 2. The van der Waals surface area contributed by atoms with Crippen LogP contribution in [0.2, 0.25) is 0 Å². The van der Waals surface area contributed by atoms with Crippen molar-refractivity contribution in [3.8, 4) is 28.5 Å². The molecule has 116 valence electrons. The van der Waals surface area contributed by atoms with E-state index in [9.17, 15) is 4.39 Å². The summed E-state index contributed by atoms with van der Waals surface area (Å²) in [5.74, 6) is 1.07. The SMILES string of the molecule is COc1cc(F)ccc1-c1cncnc1Oc1ccc(C)cc1. The monoisotopic (exact) mass is 310 g/mol. The second kappa shape index (κ2) is 6.44. The fourth-order valence-corrected chi connectivity index (χ4v) is 2.19. The Morgan fingerprint density at radius 3 is 2.52 bits per heavy atom. The first-order chi connectivity index (χ1) is 11.2. The Morgan fingerprint density at radius 1 is 1.00 bits per heavy atom. The molecule has 3 rings (SSSR count). The maximum Gasteiger partial charge on any atom is 0.230 e. The molecule has 0 aliphatic rings. The van der Waals surface area contributed by atoms with E-state index in [0.717, 1.165) is 5.56 Å². The van der Waals surface area contributed by atoms with Crippen molar-refractivity contribution >= 4 is 0 Å². The number of aryl methyl sites for hydroxylation is 1. The maximum atomic E-state index is 13.4. The molecule has 0 unspecified atom stereocenters. The van der Waals surface area contributed by atoms with Gasteiger partial charge in [0.25, 0.3) is 0 Å². The summed E-state index contributed by atoms with van der Waals surface area (Å²) >= 11 is 0. The summed E-state index contributed by atoms with van der Waals surface area (Å²) in [5, 5.41) is 0. The minimum absolute atomic E-state index is 0.372. The third-order valence-corrected chi connectivity index (χ3v) is 3.36. The van der Waals surface area contributed by atoms with Crippen molar-refractivity contribution in [3.05, 3.63) is 66.4 Å². The highest BCUT2D eigenvalue weighted by atomic mass is 19.1. The largest absolute Gasteiger partial charge is 0.496 e. The average molecular weight is 310 g/mol. The van der Waals surface area contributed by atoms with Crippen molar-refractivity contribution in [1.29, 1.82) is 0 Å². The summed E-state index contributed by atoms with van der Waals surface area (Å²) in [4.78, 5) is 8.22. The molecule has 0 aliphatic carbocycles. The van der Waals surface area contributed by atoms with Gasteiger partial charge in [0, 0.05) is 17.8 Å². The van der Waals surface area contributed by atoms with Gasteiger partial charge in [-0.1, -0.05) is 17.7 Å². The van der Waals surface area contributed by atoms with Crippen LogP contribution in [0.4, 0.5) is 4.39 Å². The van der Waals surface area contributed by atoms with Gasteiger partial charge in [0.05, 0.1) is 12.7 Å². The molecule has 5 heteroatoms. The van der Waals surface area contributed by atoms with Crippen LogP contribution in [0.15, 0.2) is 55.0 Å². The van der Waals surface area contributed by atoms with Gasteiger partial charge in [-0.05, 0) is 31.2 Å². The van der Waals surface area contributed by atoms with E-state index < -0.39 is 0 Å². The number of hydrogen-bond donors (Lipinski definition) is 0. The number of nitrogens with zero attached hydrogens (tertiary/aromatic N) is 2. The molecular formula is C18H15FN2O2. The van der Waals surface area contributed by atoms with Crippen molar-refractivity contribution in [1.82, 2.24) is 9.97 Å². The van der Waals surface area contributed by atoms with Gasteiger partial charge in [-0.25, -0.2) is 14.4 Å². The normalized spacial score (nSPS) is 10.4. The first-order valence-corrected chi connectivity index (χ1v) is 7.06. The lowest BCUT2D eigenvalue weighted by atomic mass is 10.1. The van der Waals surface area contributed by atoms with Crippen LogP contribution >= 0.6 is 0 Å². The zero-order chi connectivity index (χ0) is 16.2. The van der Waals surface area contributed by atoms with Gasteiger partial charge < -0.3 is 9.47 Å². The molecule has 2 aromatic carbocycles. The topological polar surface area (TPSA) is 44.2 Å². The average Bonchev–Trinajstić information content (AvgIpc) is 2.57. The van der Waals surface area contributed by atoms with Gasteiger partial charge in [-0.2, -0.15) is 0 Å². The third-order valence-electron chi connectivity index (χ3n) is 3.36. The highest BCUT2D eigenvalue weighted by molar-refractivity contribution is 5.74. The van der Waals surface area contributed by atoms with Gasteiger partial charge in [0.15, 0.2) is 0 Å². The lowest BCUT2D eigenvalue weighted by Gasteiger charge is -2.12. The van der Waals surface area contributed by atoms with Crippen LogP contribution in [-0.2, 0) is 0 Å². The van der Waals surface area contributed by atoms with Crippen molar-refractivity contribution in [2.24, 2.45) is 0 Å². The van der Waals surface area contributed by atoms with E-state index in [0.29, 0.717) is 28.5 Å². The molecule has 4 nitrogen and oxygen atoms in total. The lowest BCUT2D eigenvalue weighted by Crippen LogP contribution is -1.95. The molecule has 0 saturated carbocycles. The molecular weight excluding hydrogens is 295 g/mol. The maximum absolute atomic E-state index is 13.4. The van der Waals surface area contributed by atoms with Gasteiger partial charge in [-0.3, -0.25) is 0 Å². The number of ether oxygens (including phenoxy) is 2. The number of halogens is 1. The number of hydrogen-bond acceptors (Lipinski definition) is 4. The van der Waals surface area contributed by atoms with E-state index in [1.807, 2.05) is 31.2 Å². The van der Waals surface area contributed by atoms with E-state index in [-0.39, 0.29) is 5.82 Å². The Morgan fingerprint density at radius 2 is 1.78 bits per heavy atom. The summed E-state index contributed by atoms with van der Waals surface area (Å²) in [6, 6.07) is 11.9. The van der Waals surface area contributed by atoms with Crippen LogP contribution in [0, 0.1) is 12.7 Å². The predicted octanol–water partition coefficient (Wildman–Crippen LogP) is 4.39. The van der Waals surface area contributed by atoms with E-state index in [4.69, 9.17) is 9.47 Å². The molecule has 0 atom stereocenters. The Balaban J connectivity index is 2.03. The smallest absolute Gasteiger partial charge is 0.230 e. The quantitative estimate of drug-likeness (QED) is 0.717. The molecule has 0 amide bonds. The molecule has 0 N–H and O–H groups in total. The molecule has 1 heterocycles. The van der Waals surface area contributed by atoms with Crippen LogP contribution in [0.1, 0.15) is 5.56 Å². The minimum Gasteiger partial charge on any atom is -0.496 e. The van der Waals surface area contributed by atoms with Crippen LogP contribution in [0.25, 0.3) is 11.1 Å². The molecule has 0 bridgehead atoms. The van der Waals surface area contributed by atoms with E-state index in [1.165, 1.54) is 25.6 Å². The van der Waals surface area contributed by atoms with E-state index in [2.05, 4.69) is 9.97 Å². The highest BCUT2D eigenvalue weighted by Gasteiger charge is 2.14. The highest BCUT2D eigenvalue weighted by Crippen LogP contribution is 2.36. The predicted molar refractivity (Wildman–Crippen MR) is 85.2 cm³/mol. The van der Waals surface area contributed by atoms with Crippen LogP contribution in [0.5, 0.6) is 17.4 Å². The summed E-state index contributed by atoms with van der Waals surface area (Å²) < 4.78 is 24.5. The second-order valence-corrected chi connectivity index (χ2v) is 5.00. The van der Waals surface area contributed by atoms with Crippen LogP contribution in [0.3, 0.4) is 0 Å². The molecule has 1 aromatic heterocycles. The molecule has 0 aliphatic heterocycles. The van der Waals surface area contributed by atoms with Crippen LogP contribution < -0.4 is 9.47 Å². The fraction of sp³-hybridized carbons (Fsp3) is 0.111. The van der Waals surface area contributed by atoms with Crippen LogP contribution in [-0.4, -0.2) is 17.1 Å². The minimum atomic E-state index is -0.372. The van der Waals surface area contributed by atoms with Crippen molar-refractivity contribution < 1.29 is 13.9 Å². The first-order valence-electron chi connectivity index (χ1n) is 7.06. The molecule has 0 fully saturated rings. The fourth-order valence-electron chi connectivity index (χ4n) is 2.19. The zero-order valence-electron chi connectivity index (χ0n) is 12.8. The van der Waals surface area contributed by atoms with Crippen molar-refractivity contribution in [2.45, 2.75) is 6.92 Å². The first kappa shape index (κ1) is 15.0. The van der Waals surface area contributed by atoms with E-state index >= 15 is 0 Å². The van der Waals surface area contributed by atoms with Crippen molar-refractivity contribution in [2.75, 3.05) is 7.11 Å². The number of methoxy groups -OCH3 is 1.